The van der Waals surface area contributed by atoms with Gasteiger partial charge in [0.15, 0.2) is 0 Å². The van der Waals surface area contributed by atoms with Crippen LogP contribution in [0.4, 0.5) is 0 Å². The van der Waals surface area contributed by atoms with E-state index in [0.717, 1.165) is 30.4 Å². The molecule has 1 aromatic rings. The molecule has 2 aliphatic heterocycles. The van der Waals surface area contributed by atoms with Crippen LogP contribution < -0.4 is 10.6 Å². The zero-order valence-electron chi connectivity index (χ0n) is 17.1. The maximum Gasteiger partial charge on any atom is 0.309 e. The van der Waals surface area contributed by atoms with E-state index in [1.807, 2.05) is 0 Å². The number of nitrogens with one attached hydrogen (secondary N) is 2. The average molecular weight is 475 g/mol. The number of carbonyl (C=O) groups is 2. The molecule has 0 aliphatic carbocycles. The van der Waals surface area contributed by atoms with Crippen LogP contribution in [0.2, 0.25) is 5.02 Å². The fourth-order valence-corrected chi connectivity index (χ4v) is 4.99. The molecule has 3 rings (SSSR count). The number of sulfonamides is 1. The topological polar surface area (TPSA) is 117 Å². The van der Waals surface area contributed by atoms with Gasteiger partial charge in [-0.05, 0) is 37.2 Å². The van der Waals surface area contributed by atoms with Crippen molar-refractivity contribution in [1.82, 2.24) is 19.8 Å². The van der Waals surface area contributed by atoms with Crippen molar-refractivity contribution in [3.05, 3.63) is 29.3 Å². The number of ether oxygens (including phenoxy) is 2. The van der Waals surface area contributed by atoms with Crippen LogP contribution in [0.5, 0.6) is 0 Å². The Hall–Kier alpha value is -1.76. The predicted molar refractivity (Wildman–Crippen MR) is 113 cm³/mol. The van der Waals surface area contributed by atoms with E-state index >= 15 is 0 Å². The van der Waals surface area contributed by atoms with Crippen LogP contribution in [0.3, 0.4) is 0 Å². The summed E-state index contributed by atoms with van der Waals surface area (Å²) < 4.78 is 37.6. The summed E-state index contributed by atoms with van der Waals surface area (Å²) in [6.07, 6.45) is -0.170. The van der Waals surface area contributed by atoms with Gasteiger partial charge in [0.05, 0.1) is 31.3 Å². The fourth-order valence-electron chi connectivity index (χ4n) is 3.35. The maximum absolute atomic E-state index is 12.8. The lowest BCUT2D eigenvalue weighted by Crippen LogP contribution is -2.47. The van der Waals surface area contributed by atoms with Gasteiger partial charge in [-0.1, -0.05) is 11.6 Å². The molecule has 0 radical (unpaired) electrons. The Morgan fingerprint density at radius 1 is 1.03 bits per heavy atom. The van der Waals surface area contributed by atoms with Gasteiger partial charge in [0, 0.05) is 31.2 Å². The molecule has 12 heteroatoms. The second-order valence-electron chi connectivity index (χ2n) is 7.17. The Morgan fingerprint density at radius 2 is 1.71 bits per heavy atom. The highest BCUT2D eigenvalue weighted by atomic mass is 35.5. The van der Waals surface area contributed by atoms with E-state index in [1.54, 1.807) is 0 Å². The molecule has 2 saturated heterocycles. The summed E-state index contributed by atoms with van der Waals surface area (Å²) in [5.41, 5.74) is 0. The van der Waals surface area contributed by atoms with Crippen molar-refractivity contribution in [1.29, 1.82) is 0 Å². The molecule has 2 aliphatic rings. The molecule has 1 aromatic carbocycles. The van der Waals surface area contributed by atoms with E-state index in [9.17, 15) is 18.0 Å². The third-order valence-corrected chi connectivity index (χ3v) is 7.20. The molecule has 0 bridgehead atoms. The second kappa shape index (κ2) is 11.2. The van der Waals surface area contributed by atoms with Gasteiger partial charge in [0.1, 0.15) is 6.23 Å². The summed E-state index contributed by atoms with van der Waals surface area (Å²) in [5.74, 6) is -1.59. The number of halogens is 1. The van der Waals surface area contributed by atoms with Crippen LogP contribution in [0.25, 0.3) is 0 Å². The Balaban J connectivity index is 1.43. The number of benzene rings is 1. The van der Waals surface area contributed by atoms with Crippen LogP contribution in [-0.4, -0.2) is 94.8 Å². The summed E-state index contributed by atoms with van der Waals surface area (Å²) in [7, 11) is -3.82. The quantitative estimate of drug-likeness (QED) is 0.390. The molecule has 0 unspecified atom stereocenters. The highest BCUT2D eigenvalue weighted by molar-refractivity contribution is 7.89. The summed E-state index contributed by atoms with van der Waals surface area (Å²) >= 11 is 5.82. The molecule has 2 N–H and O–H groups in total. The lowest BCUT2D eigenvalue weighted by molar-refractivity contribution is -0.139. The minimum atomic E-state index is -3.82. The number of hydrogen-bond acceptors (Lipinski definition) is 7. The second-order valence-corrected chi connectivity index (χ2v) is 9.50. The predicted octanol–water partition coefficient (Wildman–Crippen LogP) is -0.358. The Bertz CT molecular complexity index is 861. The van der Waals surface area contributed by atoms with Gasteiger partial charge >= 0.3 is 11.8 Å². The van der Waals surface area contributed by atoms with Crippen molar-refractivity contribution < 1.29 is 27.5 Å². The third kappa shape index (κ3) is 6.61. The van der Waals surface area contributed by atoms with Crippen molar-refractivity contribution in [2.45, 2.75) is 17.5 Å². The zero-order chi connectivity index (χ0) is 22.3. The van der Waals surface area contributed by atoms with E-state index < -0.39 is 28.1 Å². The minimum Gasteiger partial charge on any atom is -0.379 e. The Kier molecular flexibility index (Phi) is 8.64. The van der Waals surface area contributed by atoms with Crippen molar-refractivity contribution in [3.63, 3.8) is 0 Å². The van der Waals surface area contributed by atoms with Crippen LogP contribution in [0.15, 0.2) is 29.2 Å². The van der Waals surface area contributed by atoms with E-state index in [4.69, 9.17) is 21.1 Å². The lowest BCUT2D eigenvalue weighted by Gasteiger charge is -2.26. The van der Waals surface area contributed by atoms with Gasteiger partial charge in [-0.2, -0.15) is 4.31 Å². The van der Waals surface area contributed by atoms with Crippen LogP contribution in [0.1, 0.15) is 6.42 Å². The monoisotopic (exact) mass is 474 g/mol. The van der Waals surface area contributed by atoms with Crippen LogP contribution in [-0.2, 0) is 29.1 Å². The maximum atomic E-state index is 12.8. The first-order valence-corrected chi connectivity index (χ1v) is 11.9. The molecule has 10 nitrogen and oxygen atoms in total. The molecule has 2 amide bonds. The smallest absolute Gasteiger partial charge is 0.309 e. The van der Waals surface area contributed by atoms with Gasteiger partial charge in [0.2, 0.25) is 10.0 Å². The number of carbonyl (C=O) groups excluding carboxylic acids is 2. The normalized spacial score (nSPS) is 20.5. The highest BCUT2D eigenvalue weighted by Crippen LogP contribution is 2.23. The number of amides is 2. The Morgan fingerprint density at radius 3 is 2.42 bits per heavy atom. The van der Waals surface area contributed by atoms with Crippen molar-refractivity contribution in [2.24, 2.45) is 0 Å². The lowest BCUT2D eigenvalue weighted by atomic mass is 10.3. The van der Waals surface area contributed by atoms with E-state index in [2.05, 4.69) is 15.5 Å². The van der Waals surface area contributed by atoms with Gasteiger partial charge in [-0.25, -0.2) is 8.42 Å². The molecule has 2 fully saturated rings. The first kappa shape index (κ1) is 23.9. The molecule has 0 spiro atoms. The fraction of sp³-hybridized carbons (Fsp3) is 0.579. The van der Waals surface area contributed by atoms with Crippen molar-refractivity contribution in [2.75, 3.05) is 59.1 Å². The van der Waals surface area contributed by atoms with E-state index in [-0.39, 0.29) is 24.6 Å². The van der Waals surface area contributed by atoms with Gasteiger partial charge in [-0.15, -0.1) is 0 Å². The number of hydrogen-bond donors (Lipinski definition) is 2. The van der Waals surface area contributed by atoms with Crippen LogP contribution in [0, 0.1) is 0 Å². The van der Waals surface area contributed by atoms with E-state index in [0.29, 0.717) is 24.8 Å². The zero-order valence-corrected chi connectivity index (χ0v) is 18.7. The molecule has 0 saturated carbocycles. The molecule has 2 heterocycles. The molecule has 172 valence electrons. The van der Waals surface area contributed by atoms with Crippen molar-refractivity contribution >= 4 is 33.4 Å². The number of rotatable bonds is 8. The first-order valence-electron chi connectivity index (χ1n) is 10.1. The van der Waals surface area contributed by atoms with Gasteiger partial charge < -0.3 is 20.1 Å². The molecular weight excluding hydrogens is 448 g/mol. The van der Waals surface area contributed by atoms with Crippen LogP contribution >= 0.6 is 11.6 Å². The third-order valence-electron chi connectivity index (χ3n) is 5.05. The average Bonchev–Trinajstić information content (AvgIpc) is 3.25. The van der Waals surface area contributed by atoms with Gasteiger partial charge in [-0.3, -0.25) is 14.5 Å². The largest absolute Gasteiger partial charge is 0.379 e. The van der Waals surface area contributed by atoms with Crippen molar-refractivity contribution in [3.8, 4) is 0 Å². The summed E-state index contributed by atoms with van der Waals surface area (Å²) in [6.45, 7) is 4.56. The first-order chi connectivity index (χ1) is 14.9. The molecule has 31 heavy (non-hydrogen) atoms. The number of nitrogens with zero attached hydrogens (tertiary/aromatic N) is 2. The molecular formula is C19H27ClN4O6S. The highest BCUT2D eigenvalue weighted by Gasteiger charge is 2.36. The van der Waals surface area contributed by atoms with E-state index in [1.165, 1.54) is 24.3 Å². The standard InChI is InChI=1S/C19H27ClN4O6S/c20-15-2-4-16(5-3-15)31(27,28)24-10-13-30-17(24)14-22-19(26)18(25)21-6-1-7-23-8-11-29-12-9-23/h2-5,17H,1,6-14H2,(H,21,25)(H,22,26)/t17-/m0/s1. The summed E-state index contributed by atoms with van der Waals surface area (Å²) in [5, 5.41) is 5.45. The summed E-state index contributed by atoms with van der Waals surface area (Å²) in [4.78, 5) is 26.4. The minimum absolute atomic E-state index is 0.0803. The SMILES string of the molecule is O=C(NCCCN1CCOCC1)C(=O)NC[C@@H]1OCCN1S(=O)(=O)c1ccc(Cl)cc1. The number of morpholine rings is 1. The van der Waals surface area contributed by atoms with Gasteiger partial charge in [0.25, 0.3) is 0 Å². The Labute approximate surface area is 186 Å². The summed E-state index contributed by atoms with van der Waals surface area (Å²) in [6, 6.07) is 5.81. The molecule has 1 atom stereocenters. The molecule has 0 aromatic heterocycles.